The summed E-state index contributed by atoms with van der Waals surface area (Å²) in [6, 6.07) is 24.9. The van der Waals surface area contributed by atoms with Crippen LogP contribution in [0.25, 0.3) is 55.6 Å². The molecule has 7 aromatic rings. The zero-order chi connectivity index (χ0) is 46.7. The topological polar surface area (TPSA) is 51.8 Å². The third kappa shape index (κ3) is 9.60. The Morgan fingerprint density at radius 3 is 2.25 bits per heavy atom. The molecule has 0 aliphatic rings. The third-order valence-electron chi connectivity index (χ3n) is 9.36. The largest absolute Gasteiger partial charge is 0.500 e. The minimum Gasteiger partial charge on any atom is -0.500 e. The van der Waals surface area contributed by atoms with Crippen LogP contribution in [0, 0.1) is 31.9 Å². The van der Waals surface area contributed by atoms with E-state index in [1.807, 2.05) is 50.4 Å². The summed E-state index contributed by atoms with van der Waals surface area (Å²) in [7, 11) is -1.71. The van der Waals surface area contributed by atoms with Crippen molar-refractivity contribution in [2.45, 2.75) is 99.5 Å². The van der Waals surface area contributed by atoms with Crippen LogP contribution in [0.2, 0.25) is 19.6 Å². The molecule has 0 fully saturated rings. The molecule has 0 aliphatic carbocycles. The van der Waals surface area contributed by atoms with Crippen molar-refractivity contribution < 1.29 is 36.9 Å². The van der Waals surface area contributed by atoms with E-state index in [1.54, 1.807) is 38.2 Å². The van der Waals surface area contributed by atoms with Crippen LogP contribution < -0.4 is 5.19 Å². The number of hydrogen-bond donors (Lipinski definition) is 0. The van der Waals surface area contributed by atoms with Crippen molar-refractivity contribution in [1.82, 2.24) is 15.0 Å². The number of hydrogen-bond acceptors (Lipinski definition) is 4. The monoisotopic (exact) mass is 931 g/mol. The van der Waals surface area contributed by atoms with E-state index in [2.05, 4.69) is 74.8 Å². The maximum absolute atomic E-state index is 8.69. The standard InChI is InChI=1S/C27H23N2O.C22H32NSi.Ir/c1-16(2)20-9-10-21-23-14-28-15-24(27(23)30-26(21)11-20)25-12-22(18(4)13-29-25)19-7-5-17(3)6-8-19;1-16(2)12-18-14-20(23-15-21(18)24(6,7)8)17-10-9-11-19(13-17)22(3,4)5;/h5-14,16H,1-4H3;9,11,13-16H,12H2,1-8H3;/q2*-1;/i3D3,4D3,16D;12D2;. The summed E-state index contributed by atoms with van der Waals surface area (Å²) < 4.78 is 78.8. The van der Waals surface area contributed by atoms with Gasteiger partial charge in [-0.2, -0.15) is 0 Å². The van der Waals surface area contributed by atoms with E-state index in [4.69, 9.17) is 21.7 Å². The molecule has 0 spiro atoms. The van der Waals surface area contributed by atoms with Gasteiger partial charge in [0.25, 0.3) is 0 Å². The zero-order valence-corrected chi connectivity index (χ0v) is 36.7. The number of pyridine rings is 3. The number of aromatic nitrogens is 3. The molecule has 55 heavy (non-hydrogen) atoms. The molecule has 0 unspecified atom stereocenters. The molecular weight excluding hydrogens is 867 g/mol. The van der Waals surface area contributed by atoms with E-state index < -0.39 is 34.0 Å². The first-order valence-electron chi connectivity index (χ1n) is 22.9. The van der Waals surface area contributed by atoms with E-state index in [0.29, 0.717) is 33.6 Å². The van der Waals surface area contributed by atoms with Gasteiger partial charge in [0.05, 0.1) is 13.7 Å². The maximum atomic E-state index is 8.69. The van der Waals surface area contributed by atoms with Gasteiger partial charge in [0.2, 0.25) is 0 Å². The summed E-state index contributed by atoms with van der Waals surface area (Å²) in [5.74, 6) is -0.894. The van der Waals surface area contributed by atoms with Gasteiger partial charge in [0.15, 0.2) is 0 Å². The normalized spacial score (nSPS) is 15.2. The van der Waals surface area contributed by atoms with Crippen molar-refractivity contribution in [1.29, 1.82) is 0 Å². The number of rotatable bonds is 7. The second-order valence-electron chi connectivity index (χ2n) is 16.4. The first-order chi connectivity index (χ1) is 29.0. The van der Waals surface area contributed by atoms with Crippen molar-refractivity contribution in [2.24, 2.45) is 5.92 Å². The third-order valence-corrected chi connectivity index (χ3v) is 11.4. The molecule has 0 amide bonds. The molecule has 0 saturated carbocycles. The minimum atomic E-state index is -2.43. The van der Waals surface area contributed by atoms with Crippen molar-refractivity contribution in [3.63, 3.8) is 0 Å². The molecule has 0 N–H and O–H groups in total. The smallest absolute Gasteiger partial charge is 0.121 e. The van der Waals surface area contributed by atoms with Gasteiger partial charge in [-0.1, -0.05) is 133 Å². The molecule has 4 heterocycles. The fraction of sp³-hybridized carbons (Fsp3) is 0.327. The predicted octanol–water partition coefficient (Wildman–Crippen LogP) is 12.8. The Labute approximate surface area is 356 Å². The van der Waals surface area contributed by atoms with Crippen LogP contribution in [-0.4, -0.2) is 23.0 Å². The number of aryl methyl sites for hydroxylation is 2. The van der Waals surface area contributed by atoms with E-state index in [9.17, 15) is 0 Å². The van der Waals surface area contributed by atoms with Gasteiger partial charge in [0, 0.05) is 50.2 Å². The maximum Gasteiger partial charge on any atom is 0.121 e. The Bertz CT molecular complexity index is 2780. The molecule has 0 atom stereocenters. The van der Waals surface area contributed by atoms with E-state index in [-0.39, 0.29) is 42.6 Å². The number of benzene rings is 3. The summed E-state index contributed by atoms with van der Waals surface area (Å²) in [4.78, 5) is 13.4. The van der Waals surface area contributed by atoms with Gasteiger partial charge < -0.3 is 19.4 Å². The Morgan fingerprint density at radius 2 is 1.60 bits per heavy atom. The molecule has 6 heteroatoms. The summed E-state index contributed by atoms with van der Waals surface area (Å²) >= 11 is 0. The number of nitrogens with zero attached hydrogens (tertiary/aromatic N) is 3. The van der Waals surface area contributed by atoms with Crippen LogP contribution in [0.4, 0.5) is 0 Å². The molecule has 4 aromatic heterocycles. The number of fused-ring (bicyclic) bond motifs is 3. The van der Waals surface area contributed by atoms with Gasteiger partial charge in [-0.25, -0.2) is 0 Å². The SMILES string of the molecule is [2H]C([2H])([2H])c1ccc(-c2cc(-c3[c-]ncc4c3oc3cc(C([2H])(C)C)ccc34)ncc2C([2H])([2H])[2H])cc1.[2H]C([2H])(c1cc(-c2[c-]ccc(C(C)(C)C)c2)ncc1[Si](C)(C)C)C(C)C.[Ir]. The molecule has 3 aromatic carbocycles. The first kappa shape index (κ1) is 30.9. The fourth-order valence-corrected chi connectivity index (χ4v) is 7.72. The Balaban J connectivity index is 0.000000253. The van der Waals surface area contributed by atoms with Crippen molar-refractivity contribution >= 4 is 35.2 Å². The summed E-state index contributed by atoms with van der Waals surface area (Å²) in [6.45, 7) is 16.1. The Hall–Kier alpha value is -4.22. The van der Waals surface area contributed by atoms with Crippen molar-refractivity contribution in [2.75, 3.05) is 0 Å². The van der Waals surface area contributed by atoms with Gasteiger partial charge in [0.1, 0.15) is 5.58 Å². The average Bonchev–Trinajstić information content (AvgIpc) is 3.57. The van der Waals surface area contributed by atoms with Crippen LogP contribution in [0.15, 0.2) is 95.8 Å². The molecule has 0 bridgehead atoms. The summed E-state index contributed by atoms with van der Waals surface area (Å²) in [5.41, 5.74) is 7.79. The van der Waals surface area contributed by atoms with Crippen LogP contribution in [0.3, 0.4) is 0 Å². The van der Waals surface area contributed by atoms with Crippen molar-refractivity contribution in [3.05, 3.63) is 131 Å². The predicted molar refractivity (Wildman–Crippen MR) is 231 cm³/mol. The quantitative estimate of drug-likeness (QED) is 0.118. The zero-order valence-electron chi connectivity index (χ0n) is 42.3. The van der Waals surface area contributed by atoms with E-state index in [1.165, 1.54) is 23.9 Å². The van der Waals surface area contributed by atoms with Crippen LogP contribution in [0.1, 0.15) is 94.5 Å². The summed E-state index contributed by atoms with van der Waals surface area (Å²) in [5, 5.41) is 2.70. The average molecular weight is 931 g/mol. The fourth-order valence-electron chi connectivity index (χ4n) is 6.32. The molecular formula is C49H55IrN3OSi-2. The Morgan fingerprint density at radius 1 is 0.855 bits per heavy atom. The second-order valence-corrected chi connectivity index (χ2v) is 21.4. The van der Waals surface area contributed by atoms with Crippen LogP contribution >= 0.6 is 0 Å². The molecule has 7 rings (SSSR count). The van der Waals surface area contributed by atoms with Gasteiger partial charge in [-0.15, -0.1) is 35.4 Å². The Kier molecular flexibility index (Phi) is 9.49. The minimum absolute atomic E-state index is 0. The van der Waals surface area contributed by atoms with Gasteiger partial charge >= 0.3 is 0 Å². The molecule has 0 aliphatic heterocycles. The van der Waals surface area contributed by atoms with Gasteiger partial charge in [-0.3, -0.25) is 0 Å². The van der Waals surface area contributed by atoms with Crippen LogP contribution in [0.5, 0.6) is 0 Å². The first-order valence-corrected chi connectivity index (χ1v) is 21.9. The van der Waals surface area contributed by atoms with Crippen LogP contribution in [-0.2, 0) is 31.9 Å². The number of furan rings is 1. The second kappa shape index (κ2) is 16.9. The van der Waals surface area contributed by atoms with Crippen molar-refractivity contribution in [3.8, 4) is 33.6 Å². The molecule has 287 valence electrons. The molecule has 4 nitrogen and oxygen atoms in total. The molecule has 0 saturated heterocycles. The van der Waals surface area contributed by atoms with E-state index in [0.717, 1.165) is 38.3 Å². The van der Waals surface area contributed by atoms with Gasteiger partial charge in [-0.05, 0) is 100.0 Å². The molecule has 1 radical (unpaired) electrons. The summed E-state index contributed by atoms with van der Waals surface area (Å²) in [6.07, 6.45) is 6.44. The van der Waals surface area contributed by atoms with E-state index >= 15 is 0 Å².